The van der Waals surface area contributed by atoms with Crippen LogP contribution in [0.3, 0.4) is 0 Å². The minimum absolute atomic E-state index is 0.0922. The molecule has 0 saturated heterocycles. The first-order chi connectivity index (χ1) is 9.97. The molecule has 0 fully saturated rings. The van der Waals surface area contributed by atoms with E-state index in [1.54, 1.807) is 30.1 Å². The van der Waals surface area contributed by atoms with E-state index in [9.17, 15) is 13.2 Å². The maximum absolute atomic E-state index is 12.3. The van der Waals surface area contributed by atoms with E-state index in [1.807, 2.05) is 6.07 Å². The molecule has 0 spiro atoms. The standard InChI is InChI=1S/C13H12N4O3S/c1-17-13-9(8-15-17)3-2-4-11(13)16-21(19,20)10-5-6-14-12(18)7-10/h2-8,16H,1H3,(H,14,18). The number of H-pyrrole nitrogens is 1. The lowest BCUT2D eigenvalue weighted by atomic mass is 10.2. The number of rotatable bonds is 3. The second-order valence-electron chi connectivity index (χ2n) is 4.51. The largest absolute Gasteiger partial charge is 0.329 e. The predicted molar refractivity (Wildman–Crippen MR) is 78.6 cm³/mol. The molecule has 0 aliphatic heterocycles. The second-order valence-corrected chi connectivity index (χ2v) is 6.19. The number of nitrogens with zero attached hydrogens (tertiary/aromatic N) is 2. The van der Waals surface area contributed by atoms with Crippen LogP contribution in [0.25, 0.3) is 10.9 Å². The Labute approximate surface area is 120 Å². The lowest BCUT2D eigenvalue weighted by Gasteiger charge is -2.09. The van der Waals surface area contributed by atoms with Crippen LogP contribution >= 0.6 is 0 Å². The van der Waals surface area contributed by atoms with Crippen molar-refractivity contribution in [2.45, 2.75) is 4.90 Å². The highest BCUT2D eigenvalue weighted by atomic mass is 32.2. The van der Waals surface area contributed by atoms with E-state index in [-0.39, 0.29) is 4.90 Å². The summed E-state index contributed by atoms with van der Waals surface area (Å²) < 4.78 is 28.8. The molecule has 2 aromatic heterocycles. The van der Waals surface area contributed by atoms with Crippen LogP contribution in [0.4, 0.5) is 5.69 Å². The zero-order valence-corrected chi connectivity index (χ0v) is 11.9. The summed E-state index contributed by atoms with van der Waals surface area (Å²) in [5.74, 6) is 0. The van der Waals surface area contributed by atoms with Gasteiger partial charge in [-0.3, -0.25) is 14.2 Å². The number of para-hydroxylation sites is 1. The molecule has 2 N–H and O–H groups in total. The molecule has 7 nitrogen and oxygen atoms in total. The smallest absolute Gasteiger partial charge is 0.262 e. The Morgan fingerprint density at radius 3 is 2.86 bits per heavy atom. The average Bonchev–Trinajstić information content (AvgIpc) is 2.81. The number of fused-ring (bicyclic) bond motifs is 1. The number of aryl methyl sites for hydroxylation is 1. The zero-order chi connectivity index (χ0) is 15.0. The van der Waals surface area contributed by atoms with Gasteiger partial charge < -0.3 is 4.98 Å². The lowest BCUT2D eigenvalue weighted by Crippen LogP contribution is -2.16. The third-order valence-corrected chi connectivity index (χ3v) is 4.43. The van der Waals surface area contributed by atoms with Crippen molar-refractivity contribution in [2.75, 3.05) is 4.72 Å². The van der Waals surface area contributed by atoms with E-state index in [4.69, 9.17) is 0 Å². The molecule has 1 aromatic carbocycles. The molecule has 2 heterocycles. The highest BCUT2D eigenvalue weighted by Crippen LogP contribution is 2.24. The Morgan fingerprint density at radius 1 is 1.29 bits per heavy atom. The predicted octanol–water partition coefficient (Wildman–Crippen LogP) is 1.06. The fourth-order valence-electron chi connectivity index (χ4n) is 2.11. The van der Waals surface area contributed by atoms with Gasteiger partial charge >= 0.3 is 0 Å². The van der Waals surface area contributed by atoms with Crippen LogP contribution in [0.2, 0.25) is 0 Å². The van der Waals surface area contributed by atoms with Crippen molar-refractivity contribution in [2.24, 2.45) is 7.05 Å². The monoisotopic (exact) mass is 304 g/mol. The van der Waals surface area contributed by atoms with Gasteiger partial charge in [0.05, 0.1) is 22.3 Å². The van der Waals surface area contributed by atoms with Gasteiger partial charge in [-0.1, -0.05) is 12.1 Å². The number of aromatic nitrogens is 3. The summed E-state index contributed by atoms with van der Waals surface area (Å²) in [6.45, 7) is 0. The minimum atomic E-state index is -3.83. The number of benzene rings is 1. The molecule has 0 bridgehead atoms. The van der Waals surface area contributed by atoms with Crippen LogP contribution in [0.1, 0.15) is 0 Å². The SMILES string of the molecule is Cn1ncc2cccc(NS(=O)(=O)c3cc[nH]c(=O)c3)c21. The van der Waals surface area contributed by atoms with Crippen molar-refractivity contribution in [3.8, 4) is 0 Å². The van der Waals surface area contributed by atoms with Gasteiger partial charge in [-0.15, -0.1) is 0 Å². The molecule has 0 radical (unpaired) electrons. The summed E-state index contributed by atoms with van der Waals surface area (Å²) in [5, 5.41) is 4.92. The number of hydrogen-bond acceptors (Lipinski definition) is 4. The van der Waals surface area contributed by atoms with Gasteiger partial charge in [-0.2, -0.15) is 5.10 Å². The van der Waals surface area contributed by atoms with Crippen molar-refractivity contribution in [3.63, 3.8) is 0 Å². The molecule has 0 unspecified atom stereocenters. The number of aromatic amines is 1. The molecule has 21 heavy (non-hydrogen) atoms. The van der Waals surface area contributed by atoms with Crippen LogP contribution in [0, 0.1) is 0 Å². The molecular weight excluding hydrogens is 292 g/mol. The van der Waals surface area contributed by atoms with Gasteiger partial charge in [0.1, 0.15) is 0 Å². The van der Waals surface area contributed by atoms with Crippen LogP contribution < -0.4 is 10.3 Å². The molecule has 0 saturated carbocycles. The first-order valence-corrected chi connectivity index (χ1v) is 7.58. The number of nitrogens with one attached hydrogen (secondary N) is 2. The quantitative estimate of drug-likeness (QED) is 0.756. The van der Waals surface area contributed by atoms with Crippen LogP contribution in [-0.2, 0) is 17.1 Å². The minimum Gasteiger partial charge on any atom is -0.329 e. The number of sulfonamides is 1. The van der Waals surface area contributed by atoms with Gasteiger partial charge in [0.25, 0.3) is 10.0 Å². The first kappa shape index (κ1) is 13.4. The van der Waals surface area contributed by atoms with Crippen molar-refractivity contribution >= 4 is 26.6 Å². The molecule has 108 valence electrons. The summed E-state index contributed by atoms with van der Waals surface area (Å²) in [6.07, 6.45) is 2.95. The summed E-state index contributed by atoms with van der Waals surface area (Å²) in [5.41, 5.74) is 0.607. The number of pyridine rings is 1. The van der Waals surface area contributed by atoms with Gasteiger partial charge in [-0.25, -0.2) is 8.42 Å². The first-order valence-electron chi connectivity index (χ1n) is 6.10. The zero-order valence-electron chi connectivity index (χ0n) is 11.1. The summed E-state index contributed by atoms with van der Waals surface area (Å²) in [4.78, 5) is 13.5. The number of hydrogen-bond donors (Lipinski definition) is 2. The topological polar surface area (TPSA) is 96.8 Å². The van der Waals surface area contributed by atoms with Crippen LogP contribution in [-0.4, -0.2) is 23.2 Å². The molecule has 0 atom stereocenters. The van der Waals surface area contributed by atoms with Crippen LogP contribution in [0.15, 0.2) is 52.4 Å². The summed E-state index contributed by atoms with van der Waals surface area (Å²) in [6, 6.07) is 7.58. The molecule has 3 rings (SSSR count). The third-order valence-electron chi connectivity index (χ3n) is 3.06. The molecule has 8 heteroatoms. The maximum atomic E-state index is 12.3. The highest BCUT2D eigenvalue weighted by Gasteiger charge is 2.17. The molecule has 0 aliphatic carbocycles. The third kappa shape index (κ3) is 2.40. The molecule has 0 amide bonds. The van der Waals surface area contributed by atoms with Gasteiger partial charge in [0.15, 0.2) is 0 Å². The Morgan fingerprint density at radius 2 is 2.10 bits per heavy atom. The van der Waals surface area contributed by atoms with E-state index in [0.717, 1.165) is 11.5 Å². The Kier molecular flexibility index (Phi) is 3.02. The highest BCUT2D eigenvalue weighted by molar-refractivity contribution is 7.92. The fourth-order valence-corrected chi connectivity index (χ4v) is 3.19. The van der Waals surface area contributed by atoms with E-state index in [2.05, 4.69) is 14.8 Å². The Bertz CT molecular complexity index is 972. The lowest BCUT2D eigenvalue weighted by molar-refractivity contribution is 0.601. The van der Waals surface area contributed by atoms with E-state index >= 15 is 0 Å². The maximum Gasteiger partial charge on any atom is 0.262 e. The van der Waals surface area contributed by atoms with Crippen molar-refractivity contribution < 1.29 is 8.42 Å². The average molecular weight is 304 g/mol. The van der Waals surface area contributed by atoms with Gasteiger partial charge in [-0.05, 0) is 12.1 Å². The Hall–Kier alpha value is -2.61. The number of anilines is 1. The Balaban J connectivity index is 2.10. The van der Waals surface area contributed by atoms with E-state index in [0.29, 0.717) is 11.2 Å². The molecular formula is C13H12N4O3S. The van der Waals surface area contributed by atoms with Crippen molar-refractivity contribution in [3.05, 3.63) is 53.1 Å². The van der Waals surface area contributed by atoms with Gasteiger partial charge in [0.2, 0.25) is 5.56 Å². The normalized spacial score (nSPS) is 11.7. The molecule has 0 aliphatic rings. The van der Waals surface area contributed by atoms with Crippen molar-refractivity contribution in [1.29, 1.82) is 0 Å². The molecule has 3 aromatic rings. The van der Waals surface area contributed by atoms with Crippen molar-refractivity contribution in [1.82, 2.24) is 14.8 Å². The summed E-state index contributed by atoms with van der Waals surface area (Å²) >= 11 is 0. The van der Waals surface area contributed by atoms with E-state index < -0.39 is 15.6 Å². The second kappa shape index (κ2) is 4.74. The fraction of sp³-hybridized carbons (Fsp3) is 0.0769. The van der Waals surface area contributed by atoms with Crippen LogP contribution in [0.5, 0.6) is 0 Å². The van der Waals surface area contributed by atoms with Gasteiger partial charge in [0, 0.05) is 24.7 Å². The van der Waals surface area contributed by atoms with E-state index in [1.165, 1.54) is 12.3 Å². The summed E-state index contributed by atoms with van der Waals surface area (Å²) in [7, 11) is -2.10.